The third-order valence-corrected chi connectivity index (χ3v) is 7.84. The molecule has 0 spiro atoms. The molecule has 0 fully saturated rings. The molecule has 0 atom stereocenters. The summed E-state index contributed by atoms with van der Waals surface area (Å²) in [5, 5.41) is 14.6. The Morgan fingerprint density at radius 1 is 1.08 bits per heavy atom. The SMILES string of the molecule is C=CCn1c(SCC(=O)Nc2scc(-c3ccccc3)c2C(=O)OCC)nnc1-c1ccc(C(C)(C)C)cc1. The summed E-state index contributed by atoms with van der Waals surface area (Å²) in [7, 11) is 0. The number of ether oxygens (including phenoxy) is 1. The van der Waals surface area contributed by atoms with Crippen LogP contribution in [0.1, 0.15) is 43.6 Å². The Morgan fingerprint density at radius 2 is 1.79 bits per heavy atom. The van der Waals surface area contributed by atoms with Gasteiger partial charge in [-0.2, -0.15) is 0 Å². The first-order valence-corrected chi connectivity index (χ1v) is 14.5. The third kappa shape index (κ3) is 6.66. The first kappa shape index (κ1) is 28.3. The van der Waals surface area contributed by atoms with Crippen LogP contribution in [0.25, 0.3) is 22.5 Å². The van der Waals surface area contributed by atoms with Gasteiger partial charge in [-0.25, -0.2) is 4.79 Å². The normalized spacial score (nSPS) is 11.3. The number of anilines is 1. The van der Waals surface area contributed by atoms with E-state index in [1.54, 1.807) is 13.0 Å². The number of nitrogens with zero attached hydrogens (tertiary/aromatic N) is 3. The maximum absolute atomic E-state index is 13.0. The van der Waals surface area contributed by atoms with Crippen LogP contribution in [0.4, 0.5) is 5.00 Å². The van der Waals surface area contributed by atoms with Crippen LogP contribution in [0.3, 0.4) is 0 Å². The minimum absolute atomic E-state index is 0.0548. The molecule has 1 amide bonds. The molecule has 2 aromatic carbocycles. The molecule has 2 aromatic heterocycles. The number of carbonyl (C=O) groups excluding carboxylic acids is 2. The van der Waals surface area contributed by atoms with Crippen LogP contribution in [0, 0.1) is 0 Å². The van der Waals surface area contributed by atoms with E-state index in [0.29, 0.717) is 28.1 Å². The number of thiophene rings is 1. The molecule has 202 valence electrons. The molecule has 39 heavy (non-hydrogen) atoms. The predicted octanol–water partition coefficient (Wildman–Crippen LogP) is 7.06. The predicted molar refractivity (Wildman–Crippen MR) is 159 cm³/mol. The number of hydrogen-bond donors (Lipinski definition) is 1. The third-order valence-electron chi connectivity index (χ3n) is 5.98. The second-order valence-corrected chi connectivity index (χ2v) is 11.6. The second-order valence-electron chi connectivity index (χ2n) is 9.81. The van der Waals surface area contributed by atoms with E-state index in [2.05, 4.69) is 55.0 Å². The Labute approximate surface area is 237 Å². The molecule has 0 unspecified atom stereocenters. The molecule has 0 aliphatic carbocycles. The first-order chi connectivity index (χ1) is 18.7. The summed E-state index contributed by atoms with van der Waals surface area (Å²) >= 11 is 2.59. The van der Waals surface area contributed by atoms with Crippen molar-refractivity contribution in [2.24, 2.45) is 0 Å². The molecule has 7 nitrogen and oxygen atoms in total. The molecule has 4 aromatic rings. The molecule has 0 bridgehead atoms. The maximum Gasteiger partial charge on any atom is 0.341 e. The molecule has 9 heteroatoms. The minimum atomic E-state index is -0.464. The van der Waals surface area contributed by atoms with Gasteiger partial charge in [-0.3, -0.25) is 9.36 Å². The number of nitrogens with one attached hydrogen (secondary N) is 1. The maximum atomic E-state index is 13.0. The van der Waals surface area contributed by atoms with Crippen molar-refractivity contribution in [1.29, 1.82) is 0 Å². The van der Waals surface area contributed by atoms with Gasteiger partial charge in [0.05, 0.1) is 12.4 Å². The summed E-state index contributed by atoms with van der Waals surface area (Å²) in [5.74, 6) is 0.0947. The Bertz CT molecular complexity index is 1450. The van der Waals surface area contributed by atoms with Gasteiger partial charge < -0.3 is 10.1 Å². The van der Waals surface area contributed by atoms with Crippen molar-refractivity contribution in [2.45, 2.75) is 44.8 Å². The van der Waals surface area contributed by atoms with Crippen molar-refractivity contribution in [3.8, 4) is 22.5 Å². The van der Waals surface area contributed by atoms with Crippen LogP contribution >= 0.6 is 23.1 Å². The minimum Gasteiger partial charge on any atom is -0.462 e. The monoisotopic (exact) mass is 560 g/mol. The Hall–Kier alpha value is -3.69. The summed E-state index contributed by atoms with van der Waals surface area (Å²) < 4.78 is 7.24. The van der Waals surface area contributed by atoms with E-state index in [-0.39, 0.29) is 23.7 Å². The van der Waals surface area contributed by atoms with Crippen molar-refractivity contribution in [1.82, 2.24) is 14.8 Å². The number of thioether (sulfide) groups is 1. The van der Waals surface area contributed by atoms with Crippen LogP contribution in [0.2, 0.25) is 0 Å². The lowest BCUT2D eigenvalue weighted by molar-refractivity contribution is -0.113. The fourth-order valence-corrected chi connectivity index (χ4v) is 5.72. The summed E-state index contributed by atoms with van der Waals surface area (Å²) in [4.78, 5) is 25.8. The highest BCUT2D eigenvalue weighted by Crippen LogP contribution is 2.36. The van der Waals surface area contributed by atoms with Crippen molar-refractivity contribution in [3.63, 3.8) is 0 Å². The summed E-state index contributed by atoms with van der Waals surface area (Å²) in [6.45, 7) is 12.9. The molecule has 0 radical (unpaired) electrons. The van der Waals surface area contributed by atoms with Gasteiger partial charge in [0.1, 0.15) is 10.6 Å². The molecule has 0 aliphatic rings. The summed E-state index contributed by atoms with van der Waals surface area (Å²) in [5.41, 5.74) is 4.21. The van der Waals surface area contributed by atoms with Gasteiger partial charge in [0, 0.05) is 23.1 Å². The number of allylic oxidation sites excluding steroid dienone is 1. The Morgan fingerprint density at radius 3 is 2.44 bits per heavy atom. The Kier molecular flexibility index (Phi) is 9.04. The zero-order chi connectivity index (χ0) is 28.0. The van der Waals surface area contributed by atoms with Gasteiger partial charge in [0.15, 0.2) is 11.0 Å². The highest BCUT2D eigenvalue weighted by Gasteiger charge is 2.23. The van der Waals surface area contributed by atoms with E-state index in [1.165, 1.54) is 28.7 Å². The number of esters is 1. The van der Waals surface area contributed by atoms with Gasteiger partial charge in [0.25, 0.3) is 0 Å². The standard InChI is InChI=1S/C30H32N4O3S2/c1-6-17-34-26(21-13-15-22(16-14-21)30(3,4)5)32-33-29(34)39-19-24(35)31-27-25(28(36)37-7-2)23(18-38-27)20-11-9-8-10-12-20/h6,8-16,18H,1,7,17,19H2,2-5H3,(H,31,35). The van der Waals surface area contributed by atoms with E-state index < -0.39 is 5.97 Å². The molecule has 1 N–H and O–H groups in total. The van der Waals surface area contributed by atoms with Crippen LogP contribution in [-0.2, 0) is 21.5 Å². The molecule has 0 saturated carbocycles. The quantitative estimate of drug-likeness (QED) is 0.127. The van der Waals surface area contributed by atoms with Crippen LogP contribution in [0.15, 0.2) is 77.8 Å². The van der Waals surface area contributed by atoms with Crippen LogP contribution in [0.5, 0.6) is 0 Å². The van der Waals surface area contributed by atoms with Crippen LogP contribution < -0.4 is 5.32 Å². The zero-order valence-electron chi connectivity index (χ0n) is 22.6. The number of hydrogen-bond acceptors (Lipinski definition) is 7. The molecular weight excluding hydrogens is 528 g/mol. The number of benzene rings is 2. The summed E-state index contributed by atoms with van der Waals surface area (Å²) in [6, 6.07) is 17.9. The zero-order valence-corrected chi connectivity index (χ0v) is 24.2. The van der Waals surface area contributed by atoms with Gasteiger partial charge in [-0.15, -0.1) is 28.1 Å². The van der Waals surface area contributed by atoms with Gasteiger partial charge in [0.2, 0.25) is 5.91 Å². The lowest BCUT2D eigenvalue weighted by Gasteiger charge is -2.19. The number of rotatable bonds is 10. The fraction of sp³-hybridized carbons (Fsp3) is 0.267. The van der Waals surface area contributed by atoms with Crippen molar-refractivity contribution < 1.29 is 14.3 Å². The van der Waals surface area contributed by atoms with E-state index in [4.69, 9.17) is 4.74 Å². The van der Waals surface area contributed by atoms with Crippen LogP contribution in [-0.4, -0.2) is 39.0 Å². The molecule has 0 aliphatic heterocycles. The number of aromatic nitrogens is 3. The largest absolute Gasteiger partial charge is 0.462 e. The van der Waals surface area contributed by atoms with Crippen molar-refractivity contribution in [3.05, 3.63) is 83.8 Å². The molecule has 2 heterocycles. The van der Waals surface area contributed by atoms with Crippen molar-refractivity contribution in [2.75, 3.05) is 17.7 Å². The average Bonchev–Trinajstić information content (AvgIpc) is 3.52. The lowest BCUT2D eigenvalue weighted by Crippen LogP contribution is -2.17. The van der Waals surface area contributed by atoms with Gasteiger partial charge in [-0.05, 0) is 23.5 Å². The molecular formula is C30H32N4O3S2. The molecule has 0 saturated heterocycles. The fourth-order valence-electron chi connectivity index (χ4n) is 4.00. The number of carbonyl (C=O) groups is 2. The molecule has 4 rings (SSSR count). The average molecular weight is 561 g/mol. The van der Waals surface area contributed by atoms with E-state index in [1.807, 2.05) is 52.4 Å². The summed E-state index contributed by atoms with van der Waals surface area (Å²) in [6.07, 6.45) is 1.78. The van der Waals surface area contributed by atoms with E-state index in [9.17, 15) is 9.59 Å². The van der Waals surface area contributed by atoms with Gasteiger partial charge >= 0.3 is 5.97 Å². The lowest BCUT2D eigenvalue weighted by atomic mass is 9.87. The van der Waals surface area contributed by atoms with E-state index in [0.717, 1.165) is 16.7 Å². The van der Waals surface area contributed by atoms with Gasteiger partial charge in [-0.1, -0.05) is 93.2 Å². The number of amides is 1. The highest BCUT2D eigenvalue weighted by atomic mass is 32.2. The van der Waals surface area contributed by atoms with E-state index >= 15 is 0 Å². The topological polar surface area (TPSA) is 86.1 Å². The highest BCUT2D eigenvalue weighted by molar-refractivity contribution is 7.99. The van der Waals surface area contributed by atoms with Crippen molar-refractivity contribution >= 4 is 40.0 Å². The first-order valence-electron chi connectivity index (χ1n) is 12.6. The Balaban J connectivity index is 1.51. The smallest absolute Gasteiger partial charge is 0.341 e. The second kappa shape index (κ2) is 12.4.